The summed E-state index contributed by atoms with van der Waals surface area (Å²) in [4.78, 5) is 13.2. The summed E-state index contributed by atoms with van der Waals surface area (Å²) in [5.41, 5.74) is 0. The minimum atomic E-state index is -1.57. The van der Waals surface area contributed by atoms with Crippen LogP contribution in [0.15, 0.2) is 97.2 Å². The number of allylic oxidation sites excluding steroid dienone is 15. The van der Waals surface area contributed by atoms with Gasteiger partial charge in [-0.05, 0) is 77.0 Å². The second-order valence-corrected chi connectivity index (χ2v) is 28.2. The maximum absolute atomic E-state index is 13.2. The lowest BCUT2D eigenvalue weighted by Gasteiger charge is -2.40. The number of hydrogen-bond acceptors (Lipinski definition) is 8. The molecule has 7 atom stereocenters. The Morgan fingerprint density at radius 3 is 0.968 bits per heavy atom. The molecule has 0 bridgehead atoms. The summed E-state index contributed by atoms with van der Waals surface area (Å²) < 4.78 is 11.4. The highest BCUT2D eigenvalue weighted by Gasteiger charge is 2.44. The molecule has 1 fully saturated rings. The fourth-order valence-electron chi connectivity index (χ4n) is 12.8. The Morgan fingerprint density at radius 1 is 0.368 bits per heavy atom. The number of carbonyl (C=O) groups is 1. The second kappa shape index (κ2) is 73.8. The molecule has 1 aliphatic heterocycles. The summed E-state index contributed by atoms with van der Waals surface area (Å²) in [6.45, 7) is 3.71. The van der Waals surface area contributed by atoms with E-state index in [0.717, 1.165) is 83.5 Å². The first-order valence-corrected chi connectivity index (χ1v) is 41.0. The van der Waals surface area contributed by atoms with Gasteiger partial charge in [0.25, 0.3) is 0 Å². The highest BCUT2D eigenvalue weighted by molar-refractivity contribution is 5.76. The second-order valence-electron chi connectivity index (χ2n) is 28.2. The van der Waals surface area contributed by atoms with Gasteiger partial charge in [0.1, 0.15) is 24.4 Å². The molecule has 552 valence electrons. The normalized spacial score (nSPS) is 18.0. The third kappa shape index (κ3) is 61.9. The van der Waals surface area contributed by atoms with Gasteiger partial charge in [0.15, 0.2) is 6.29 Å². The third-order valence-electron chi connectivity index (χ3n) is 19.2. The van der Waals surface area contributed by atoms with Crippen LogP contribution < -0.4 is 5.32 Å². The molecule has 95 heavy (non-hydrogen) atoms. The molecule has 0 aliphatic carbocycles. The number of aliphatic hydroxyl groups excluding tert-OH is 5. The number of rotatable bonds is 72. The van der Waals surface area contributed by atoms with Crippen LogP contribution in [0.1, 0.15) is 386 Å². The van der Waals surface area contributed by atoms with E-state index in [1.54, 1.807) is 6.08 Å². The average Bonchev–Trinajstić information content (AvgIpc) is 0.836. The first kappa shape index (κ1) is 90.1. The minimum Gasteiger partial charge on any atom is -0.394 e. The fourth-order valence-corrected chi connectivity index (χ4v) is 12.8. The predicted octanol–water partition coefficient (Wildman–Crippen LogP) is 23.8. The van der Waals surface area contributed by atoms with Crippen molar-refractivity contribution in [3.05, 3.63) is 97.2 Å². The summed E-state index contributed by atoms with van der Waals surface area (Å²) in [5, 5.41) is 55.0. The lowest BCUT2D eigenvalue weighted by Crippen LogP contribution is -2.60. The van der Waals surface area contributed by atoms with Gasteiger partial charge in [-0.15, -0.1) is 0 Å². The van der Waals surface area contributed by atoms with Crippen molar-refractivity contribution in [2.24, 2.45) is 0 Å². The van der Waals surface area contributed by atoms with Gasteiger partial charge in [0.2, 0.25) is 5.91 Å². The zero-order valence-electron chi connectivity index (χ0n) is 62.2. The number of amides is 1. The predicted molar refractivity (Wildman–Crippen MR) is 410 cm³/mol. The van der Waals surface area contributed by atoms with Crippen molar-refractivity contribution in [3.63, 3.8) is 0 Å². The number of carbonyl (C=O) groups excluding carboxylic acids is 1. The van der Waals surface area contributed by atoms with E-state index in [2.05, 4.69) is 104 Å². The number of unbranched alkanes of at least 4 members (excludes halogenated alkanes) is 48. The highest BCUT2D eigenvalue weighted by atomic mass is 16.7. The van der Waals surface area contributed by atoms with Gasteiger partial charge >= 0.3 is 0 Å². The van der Waals surface area contributed by atoms with Gasteiger partial charge in [-0.3, -0.25) is 4.79 Å². The van der Waals surface area contributed by atoms with E-state index in [-0.39, 0.29) is 12.5 Å². The molecule has 9 nitrogen and oxygen atoms in total. The molecule has 0 saturated carbocycles. The molecule has 1 saturated heterocycles. The number of hydrogen-bond donors (Lipinski definition) is 6. The molecule has 1 heterocycles. The zero-order valence-corrected chi connectivity index (χ0v) is 62.2. The lowest BCUT2D eigenvalue weighted by molar-refractivity contribution is -0.302. The molecule has 0 spiro atoms. The average molecular weight is 1330 g/mol. The van der Waals surface area contributed by atoms with Crippen LogP contribution in [-0.2, 0) is 14.3 Å². The van der Waals surface area contributed by atoms with Crippen LogP contribution in [0.5, 0.6) is 0 Å². The summed E-state index contributed by atoms with van der Waals surface area (Å²) >= 11 is 0. The highest BCUT2D eigenvalue weighted by Crippen LogP contribution is 2.24. The fraction of sp³-hybridized carbons (Fsp3) is 0.802. The monoisotopic (exact) mass is 1330 g/mol. The zero-order chi connectivity index (χ0) is 68.5. The van der Waals surface area contributed by atoms with Gasteiger partial charge in [0.05, 0.1) is 25.4 Å². The molecular weight excluding hydrogens is 1170 g/mol. The molecule has 0 aromatic rings. The topological polar surface area (TPSA) is 149 Å². The summed E-state index contributed by atoms with van der Waals surface area (Å²) in [7, 11) is 0. The van der Waals surface area contributed by atoms with E-state index >= 15 is 0 Å². The van der Waals surface area contributed by atoms with Crippen LogP contribution in [0.3, 0.4) is 0 Å². The molecule has 7 unspecified atom stereocenters. The van der Waals surface area contributed by atoms with Crippen molar-refractivity contribution in [2.75, 3.05) is 13.2 Å². The molecule has 1 aliphatic rings. The third-order valence-corrected chi connectivity index (χ3v) is 19.2. The Balaban J connectivity index is 2.07. The van der Waals surface area contributed by atoms with Gasteiger partial charge in [-0.1, -0.05) is 400 Å². The molecule has 1 rings (SSSR count). The van der Waals surface area contributed by atoms with Crippen LogP contribution >= 0.6 is 0 Å². The Bertz CT molecular complexity index is 1840. The van der Waals surface area contributed by atoms with Crippen molar-refractivity contribution in [2.45, 2.75) is 429 Å². The smallest absolute Gasteiger partial charge is 0.220 e. The van der Waals surface area contributed by atoms with Gasteiger partial charge in [-0.2, -0.15) is 0 Å². The van der Waals surface area contributed by atoms with Crippen LogP contribution in [-0.4, -0.2) is 87.5 Å². The number of ether oxygens (including phenoxy) is 2. The first-order chi connectivity index (χ1) is 46.8. The van der Waals surface area contributed by atoms with E-state index in [0.29, 0.717) is 6.42 Å². The van der Waals surface area contributed by atoms with Crippen molar-refractivity contribution >= 4 is 5.91 Å². The Hall–Kier alpha value is -2.89. The number of nitrogens with one attached hydrogen (secondary N) is 1. The lowest BCUT2D eigenvalue weighted by atomic mass is 9.99. The van der Waals surface area contributed by atoms with E-state index < -0.39 is 49.5 Å². The SMILES string of the molecule is CC/C=C\C/C=C\C/C=C\C/C=C\C/C=C\C/C=C\C/C=C\CCCCCCCCCCCCCCCCCCCC(=O)NC(COC1OC(CO)C(O)C(O)C1O)C(O)/C=C/CCCCCCCCCCCCCCCCCCCCCCCCCCCCCCCCC. The van der Waals surface area contributed by atoms with Crippen molar-refractivity contribution < 1.29 is 39.8 Å². The Kier molecular flexibility index (Phi) is 70.0. The molecular formula is C86H155NO8. The molecule has 0 aromatic heterocycles. The van der Waals surface area contributed by atoms with Crippen LogP contribution in [0.25, 0.3) is 0 Å². The Morgan fingerprint density at radius 2 is 0.653 bits per heavy atom. The molecule has 0 aromatic carbocycles. The van der Waals surface area contributed by atoms with Crippen molar-refractivity contribution in [1.29, 1.82) is 0 Å². The quantitative estimate of drug-likeness (QED) is 0.0261. The van der Waals surface area contributed by atoms with Gasteiger partial charge < -0.3 is 40.3 Å². The van der Waals surface area contributed by atoms with Crippen molar-refractivity contribution in [1.82, 2.24) is 5.32 Å². The van der Waals surface area contributed by atoms with Crippen LogP contribution in [0, 0.1) is 0 Å². The maximum atomic E-state index is 13.2. The molecule has 1 amide bonds. The molecule has 9 heteroatoms. The summed E-state index contributed by atoms with van der Waals surface area (Å²) in [6, 6.07) is -0.811. The molecule has 0 radical (unpaired) electrons. The van der Waals surface area contributed by atoms with Gasteiger partial charge in [0, 0.05) is 6.42 Å². The maximum Gasteiger partial charge on any atom is 0.220 e. The van der Waals surface area contributed by atoms with E-state index in [1.807, 2.05) is 6.08 Å². The molecule has 6 N–H and O–H groups in total. The Labute approximate surface area is 587 Å². The minimum absolute atomic E-state index is 0.173. The van der Waals surface area contributed by atoms with E-state index in [9.17, 15) is 30.3 Å². The van der Waals surface area contributed by atoms with E-state index in [4.69, 9.17) is 9.47 Å². The summed E-state index contributed by atoms with van der Waals surface area (Å²) in [6.07, 6.45) is 101. The number of aliphatic hydroxyl groups is 5. The summed E-state index contributed by atoms with van der Waals surface area (Å²) in [5.74, 6) is -0.173. The van der Waals surface area contributed by atoms with E-state index in [1.165, 1.54) is 283 Å². The largest absolute Gasteiger partial charge is 0.394 e. The van der Waals surface area contributed by atoms with Crippen LogP contribution in [0.2, 0.25) is 0 Å². The van der Waals surface area contributed by atoms with Crippen LogP contribution in [0.4, 0.5) is 0 Å². The van der Waals surface area contributed by atoms with Crippen molar-refractivity contribution in [3.8, 4) is 0 Å². The van der Waals surface area contributed by atoms with Gasteiger partial charge in [-0.25, -0.2) is 0 Å². The standard InChI is InChI=1S/C86H155NO8/c1-3-5-7-9-11-13-15-17-19-21-23-25-27-29-31-33-35-37-38-39-40-41-42-44-46-48-50-52-54-56-58-60-62-64-66-68-70-72-74-76-82(90)87-79(78-94-86-85(93)84(92)83(91)81(77-88)95-86)80(89)75-73-71-69-67-65-63-61-59-57-55-53-51-49-47-45-43-36-34-32-30-28-26-24-22-20-18-16-14-12-10-8-6-4-2/h5,7,11,13,17,19,23,25,29,31,35,37,39-40,73,75,79-81,83-86,88-89,91-93H,3-4,6,8-10,12,14-16,18,20-22,24,26-28,30,32-34,36,38,41-72,74,76-78H2,1-2H3,(H,87,90)/b7-5-,13-11-,19-17-,25-23-,31-29-,37-35-,40-39-,75-73+. The first-order valence-electron chi connectivity index (χ1n) is 41.0.